The Bertz CT molecular complexity index is 689. The average Bonchev–Trinajstić information content (AvgIpc) is 2.58. The van der Waals surface area contributed by atoms with Crippen LogP contribution in [-0.4, -0.2) is 51.6 Å². The summed E-state index contributed by atoms with van der Waals surface area (Å²) in [6.45, 7) is 3.83. The number of nitrogens with one attached hydrogen (secondary N) is 1. The Hall–Kier alpha value is -1.97. The Balaban J connectivity index is 2.90. The van der Waals surface area contributed by atoms with E-state index in [4.69, 9.17) is 4.74 Å². The van der Waals surface area contributed by atoms with Gasteiger partial charge in [0, 0.05) is 13.6 Å². The van der Waals surface area contributed by atoms with Crippen LogP contribution in [0.3, 0.4) is 0 Å². The monoisotopic (exact) mass is 358 g/mol. The van der Waals surface area contributed by atoms with Gasteiger partial charge in [0.15, 0.2) is 6.10 Å². The van der Waals surface area contributed by atoms with E-state index in [0.29, 0.717) is 11.0 Å². The SMILES string of the molecule is CCCNC(=O)[C@@H](C)OC(=O)c1cccc(S(=O)(=O)N(C)OC)c1. The minimum absolute atomic E-state index is 0.0238. The van der Waals surface area contributed by atoms with Crippen LogP contribution in [0.5, 0.6) is 0 Å². The number of rotatable bonds is 8. The zero-order valence-electron chi connectivity index (χ0n) is 14.1. The van der Waals surface area contributed by atoms with Crippen LogP contribution in [0.1, 0.15) is 30.6 Å². The van der Waals surface area contributed by atoms with E-state index in [0.717, 1.165) is 6.42 Å². The van der Waals surface area contributed by atoms with Gasteiger partial charge in [0.05, 0.1) is 17.6 Å². The van der Waals surface area contributed by atoms with Crippen molar-refractivity contribution in [3.63, 3.8) is 0 Å². The maximum atomic E-state index is 12.2. The van der Waals surface area contributed by atoms with Crippen LogP contribution in [0.4, 0.5) is 0 Å². The summed E-state index contributed by atoms with van der Waals surface area (Å²) in [6, 6.07) is 5.32. The molecule has 0 fully saturated rings. The van der Waals surface area contributed by atoms with Crippen molar-refractivity contribution in [1.82, 2.24) is 9.79 Å². The Morgan fingerprint density at radius 3 is 2.58 bits per heavy atom. The van der Waals surface area contributed by atoms with Crippen LogP contribution in [0, 0.1) is 0 Å². The molecule has 0 radical (unpaired) electrons. The van der Waals surface area contributed by atoms with E-state index in [-0.39, 0.29) is 10.5 Å². The van der Waals surface area contributed by atoms with E-state index in [1.54, 1.807) is 0 Å². The van der Waals surface area contributed by atoms with E-state index < -0.39 is 28.0 Å². The van der Waals surface area contributed by atoms with Crippen molar-refractivity contribution in [2.24, 2.45) is 0 Å². The molecule has 0 aromatic heterocycles. The van der Waals surface area contributed by atoms with Crippen LogP contribution in [0.15, 0.2) is 29.2 Å². The predicted octanol–water partition coefficient (Wildman–Crippen LogP) is 0.940. The molecule has 0 unspecified atom stereocenters. The molecule has 0 saturated heterocycles. The molecule has 1 N–H and O–H groups in total. The second kappa shape index (κ2) is 8.76. The highest BCUT2D eigenvalue weighted by atomic mass is 32.2. The van der Waals surface area contributed by atoms with Gasteiger partial charge >= 0.3 is 5.97 Å². The Kier molecular flexibility index (Phi) is 7.33. The minimum atomic E-state index is -3.88. The summed E-state index contributed by atoms with van der Waals surface area (Å²) in [7, 11) is -1.43. The molecule has 0 aliphatic carbocycles. The smallest absolute Gasteiger partial charge is 0.338 e. The molecule has 1 aromatic rings. The zero-order chi connectivity index (χ0) is 18.3. The highest BCUT2D eigenvalue weighted by Crippen LogP contribution is 2.17. The number of hydroxylamine groups is 1. The molecule has 9 heteroatoms. The second-order valence-electron chi connectivity index (χ2n) is 4.96. The molecule has 134 valence electrons. The number of carbonyl (C=O) groups excluding carboxylic acids is 2. The van der Waals surface area contributed by atoms with Crippen LogP contribution in [0.25, 0.3) is 0 Å². The lowest BCUT2D eigenvalue weighted by molar-refractivity contribution is -0.129. The Labute approximate surface area is 141 Å². The van der Waals surface area contributed by atoms with Crippen molar-refractivity contribution in [1.29, 1.82) is 0 Å². The first-order valence-corrected chi connectivity index (χ1v) is 8.79. The maximum absolute atomic E-state index is 12.2. The van der Waals surface area contributed by atoms with Gasteiger partial charge in [-0.25, -0.2) is 13.2 Å². The fourth-order valence-corrected chi connectivity index (χ4v) is 2.72. The third-order valence-electron chi connectivity index (χ3n) is 3.17. The van der Waals surface area contributed by atoms with E-state index in [1.807, 2.05) is 6.92 Å². The second-order valence-corrected chi connectivity index (χ2v) is 6.90. The maximum Gasteiger partial charge on any atom is 0.338 e. The highest BCUT2D eigenvalue weighted by Gasteiger charge is 2.23. The molecule has 8 nitrogen and oxygen atoms in total. The van der Waals surface area contributed by atoms with E-state index in [9.17, 15) is 18.0 Å². The normalized spacial score (nSPS) is 12.7. The largest absolute Gasteiger partial charge is 0.449 e. The fraction of sp³-hybridized carbons (Fsp3) is 0.467. The standard InChI is InChI=1S/C15H22N2O6S/c1-5-9-16-14(18)11(2)23-15(19)12-7-6-8-13(10-12)24(20,21)17(3)22-4/h6-8,10-11H,5,9H2,1-4H3,(H,16,18)/t11-/m1/s1. The van der Waals surface area contributed by atoms with Gasteiger partial charge in [0.25, 0.3) is 15.9 Å². The summed E-state index contributed by atoms with van der Waals surface area (Å²) in [5, 5.41) is 2.61. The molecule has 0 saturated carbocycles. The van der Waals surface area contributed by atoms with Crippen molar-refractivity contribution in [2.75, 3.05) is 20.7 Å². The van der Waals surface area contributed by atoms with Crippen LogP contribution >= 0.6 is 0 Å². The van der Waals surface area contributed by atoms with Crippen molar-refractivity contribution < 1.29 is 27.6 Å². The number of amides is 1. The molecular formula is C15H22N2O6S. The average molecular weight is 358 g/mol. The fourth-order valence-electron chi connectivity index (χ4n) is 1.70. The molecule has 1 amide bonds. The molecule has 1 aromatic carbocycles. The molecule has 1 rings (SSSR count). The molecule has 0 bridgehead atoms. The third kappa shape index (κ3) is 5.02. The summed E-state index contributed by atoms with van der Waals surface area (Å²) < 4.78 is 30.1. The number of ether oxygens (including phenoxy) is 1. The van der Waals surface area contributed by atoms with Crippen molar-refractivity contribution >= 4 is 21.9 Å². The van der Waals surface area contributed by atoms with Crippen LogP contribution in [0.2, 0.25) is 0 Å². The summed E-state index contributed by atoms with van der Waals surface area (Å²) in [6.07, 6.45) is -0.217. The van der Waals surface area contributed by atoms with Crippen molar-refractivity contribution in [3.05, 3.63) is 29.8 Å². The van der Waals surface area contributed by atoms with Gasteiger partial charge in [-0.15, -0.1) is 0 Å². The van der Waals surface area contributed by atoms with Crippen molar-refractivity contribution in [2.45, 2.75) is 31.3 Å². The summed E-state index contributed by atoms with van der Waals surface area (Å²) in [4.78, 5) is 28.4. The molecule has 0 heterocycles. The van der Waals surface area contributed by atoms with Gasteiger partial charge in [-0.1, -0.05) is 17.5 Å². The lowest BCUT2D eigenvalue weighted by Crippen LogP contribution is -2.36. The number of sulfonamides is 1. The number of carbonyl (C=O) groups is 2. The van der Waals surface area contributed by atoms with Gasteiger partial charge in [-0.2, -0.15) is 0 Å². The first-order valence-electron chi connectivity index (χ1n) is 7.35. The third-order valence-corrected chi connectivity index (χ3v) is 4.84. The van der Waals surface area contributed by atoms with Crippen LogP contribution in [-0.2, 0) is 24.4 Å². The van der Waals surface area contributed by atoms with Gasteiger partial charge < -0.3 is 10.1 Å². The summed E-state index contributed by atoms with van der Waals surface area (Å²) in [5.74, 6) is -1.20. The lowest BCUT2D eigenvalue weighted by atomic mass is 10.2. The van der Waals surface area contributed by atoms with E-state index in [1.165, 1.54) is 45.3 Å². The molecule has 1 atom stereocenters. The number of esters is 1. The number of hydrogen-bond acceptors (Lipinski definition) is 6. The zero-order valence-corrected chi connectivity index (χ0v) is 14.9. The summed E-state index contributed by atoms with van der Waals surface area (Å²) in [5.41, 5.74) is 0.0238. The quantitative estimate of drug-likeness (QED) is 0.548. The van der Waals surface area contributed by atoms with Crippen molar-refractivity contribution in [3.8, 4) is 0 Å². The van der Waals surface area contributed by atoms with E-state index in [2.05, 4.69) is 10.2 Å². The van der Waals surface area contributed by atoms with E-state index >= 15 is 0 Å². The van der Waals surface area contributed by atoms with Gasteiger partial charge in [-0.05, 0) is 31.5 Å². The minimum Gasteiger partial charge on any atom is -0.449 e. The molecule has 24 heavy (non-hydrogen) atoms. The first-order chi connectivity index (χ1) is 11.2. The molecule has 0 aliphatic heterocycles. The Morgan fingerprint density at radius 2 is 2.00 bits per heavy atom. The van der Waals surface area contributed by atoms with Gasteiger partial charge in [0.2, 0.25) is 0 Å². The van der Waals surface area contributed by atoms with Gasteiger partial charge in [-0.3, -0.25) is 9.63 Å². The lowest BCUT2D eigenvalue weighted by Gasteiger charge is -2.15. The molecule has 0 spiro atoms. The first kappa shape index (κ1) is 20.1. The number of benzene rings is 1. The number of nitrogens with zero attached hydrogens (tertiary/aromatic N) is 1. The van der Waals surface area contributed by atoms with Gasteiger partial charge in [0.1, 0.15) is 0 Å². The Morgan fingerprint density at radius 1 is 1.33 bits per heavy atom. The number of hydrogen-bond donors (Lipinski definition) is 1. The molecular weight excluding hydrogens is 336 g/mol. The highest BCUT2D eigenvalue weighted by molar-refractivity contribution is 7.89. The topological polar surface area (TPSA) is 102 Å². The summed E-state index contributed by atoms with van der Waals surface area (Å²) >= 11 is 0. The predicted molar refractivity (Wildman–Crippen MR) is 86.6 cm³/mol. The van der Waals surface area contributed by atoms with Crippen LogP contribution < -0.4 is 5.32 Å². The molecule has 0 aliphatic rings.